The van der Waals surface area contributed by atoms with Crippen molar-refractivity contribution in [3.63, 3.8) is 0 Å². The number of carboxylic acids is 1. The molecule has 0 unspecified atom stereocenters. The van der Waals surface area contributed by atoms with Gasteiger partial charge in [0.05, 0.1) is 32.1 Å². The fourth-order valence-electron chi connectivity index (χ4n) is 7.59. The molecule has 0 atom stereocenters. The van der Waals surface area contributed by atoms with E-state index in [-0.39, 0.29) is 11.8 Å². The van der Waals surface area contributed by atoms with Gasteiger partial charge in [-0.15, -0.1) is 0 Å². The van der Waals surface area contributed by atoms with Gasteiger partial charge < -0.3 is 34.5 Å². The highest BCUT2D eigenvalue weighted by Crippen LogP contribution is 2.48. The first-order chi connectivity index (χ1) is 23.8. The number of fused-ring (bicyclic) bond motifs is 5. The maximum absolute atomic E-state index is 13.9. The first-order valence-corrected chi connectivity index (χ1v) is 17.0. The number of nitrogens with one attached hydrogen (secondary N) is 2. The molecule has 0 spiro atoms. The second kappa shape index (κ2) is 13.3. The lowest BCUT2D eigenvalue weighted by Crippen LogP contribution is -2.61. The number of nitrogens with zero attached hydrogens (tertiary/aromatic N) is 1. The summed E-state index contributed by atoms with van der Waals surface area (Å²) in [6, 6.07) is 17.0. The van der Waals surface area contributed by atoms with Crippen LogP contribution in [0.5, 0.6) is 17.2 Å². The summed E-state index contributed by atoms with van der Waals surface area (Å²) >= 11 is 0. The molecule has 7 rings (SSSR count). The van der Waals surface area contributed by atoms with Crippen LogP contribution in [0.15, 0.2) is 60.7 Å². The standard InChI is InChI=1S/C39H41N3O7/c1-47-27-12-14-29-32(23-27)49-20-19-42-31-22-26(11-13-28(31)35(36(29)42)25-7-4-3-5-8-25)37(45)41-39(17-6-18-39)38(46)40-30-15-9-24(10-16-34(43)44)21-33(30)48-2/h9-16,21-23,25H,3-8,17-20H2,1-2H3,(H,40,46)(H,41,45)(H,43,44)/b16-10+. The van der Waals surface area contributed by atoms with E-state index in [1.54, 1.807) is 25.3 Å². The smallest absolute Gasteiger partial charge is 0.328 e. The maximum Gasteiger partial charge on any atom is 0.328 e. The van der Waals surface area contributed by atoms with Gasteiger partial charge in [-0.25, -0.2) is 4.79 Å². The Morgan fingerprint density at radius 1 is 0.959 bits per heavy atom. The molecule has 2 heterocycles. The van der Waals surface area contributed by atoms with Gasteiger partial charge in [-0.3, -0.25) is 9.59 Å². The number of aromatic nitrogens is 1. The molecule has 254 valence electrons. The molecule has 0 saturated heterocycles. The Balaban J connectivity index is 1.20. The molecule has 3 N–H and O–H groups in total. The van der Waals surface area contributed by atoms with Crippen molar-refractivity contribution in [2.24, 2.45) is 0 Å². The van der Waals surface area contributed by atoms with E-state index < -0.39 is 11.5 Å². The Morgan fingerprint density at radius 2 is 1.78 bits per heavy atom. The quantitative estimate of drug-likeness (QED) is 0.162. The van der Waals surface area contributed by atoms with Crippen LogP contribution >= 0.6 is 0 Å². The van der Waals surface area contributed by atoms with Crippen LogP contribution in [-0.2, 0) is 16.1 Å². The molecule has 3 aliphatic rings. The predicted molar refractivity (Wildman–Crippen MR) is 188 cm³/mol. The molecule has 49 heavy (non-hydrogen) atoms. The average molecular weight is 664 g/mol. The summed E-state index contributed by atoms with van der Waals surface area (Å²) in [6.45, 7) is 1.13. The molecule has 1 aromatic heterocycles. The number of carbonyl (C=O) groups is 3. The number of hydrogen-bond acceptors (Lipinski definition) is 6. The molecule has 3 aromatic carbocycles. The molecule has 0 radical (unpaired) electrons. The third-order valence-corrected chi connectivity index (χ3v) is 10.3. The number of anilines is 1. The molecule has 2 aliphatic carbocycles. The highest BCUT2D eigenvalue weighted by molar-refractivity contribution is 6.06. The van der Waals surface area contributed by atoms with E-state index in [0.717, 1.165) is 59.0 Å². The van der Waals surface area contributed by atoms with E-state index in [4.69, 9.17) is 19.3 Å². The summed E-state index contributed by atoms with van der Waals surface area (Å²) < 4.78 is 19.5. The number of ether oxygens (including phenoxy) is 3. The molecule has 2 fully saturated rings. The van der Waals surface area contributed by atoms with Gasteiger partial charge >= 0.3 is 5.97 Å². The fourth-order valence-corrected chi connectivity index (χ4v) is 7.59. The van der Waals surface area contributed by atoms with Crippen LogP contribution in [0.4, 0.5) is 5.69 Å². The summed E-state index contributed by atoms with van der Waals surface area (Å²) in [6.07, 6.45) is 10.2. The Kier molecular flexibility index (Phi) is 8.79. The van der Waals surface area contributed by atoms with Gasteiger partial charge in [0.2, 0.25) is 5.91 Å². The van der Waals surface area contributed by atoms with Crippen molar-refractivity contribution >= 4 is 40.4 Å². The van der Waals surface area contributed by atoms with Crippen LogP contribution < -0.4 is 24.8 Å². The van der Waals surface area contributed by atoms with Gasteiger partial charge in [-0.05, 0) is 91.6 Å². The molecule has 10 nitrogen and oxygen atoms in total. The van der Waals surface area contributed by atoms with Gasteiger partial charge in [-0.2, -0.15) is 0 Å². The topological polar surface area (TPSA) is 128 Å². The molecular weight excluding hydrogens is 622 g/mol. The third kappa shape index (κ3) is 6.11. The van der Waals surface area contributed by atoms with Crippen LogP contribution in [-0.4, -0.2) is 53.8 Å². The van der Waals surface area contributed by atoms with Gasteiger partial charge in [0.1, 0.15) is 29.4 Å². The predicted octanol–water partition coefficient (Wildman–Crippen LogP) is 7.15. The van der Waals surface area contributed by atoms with Crippen molar-refractivity contribution in [1.29, 1.82) is 0 Å². The van der Waals surface area contributed by atoms with E-state index in [1.165, 1.54) is 38.0 Å². The van der Waals surface area contributed by atoms with Gasteiger partial charge in [0.15, 0.2) is 0 Å². The van der Waals surface area contributed by atoms with E-state index in [9.17, 15) is 14.4 Å². The maximum atomic E-state index is 13.9. The number of rotatable bonds is 9. The van der Waals surface area contributed by atoms with Crippen molar-refractivity contribution < 1.29 is 33.7 Å². The Morgan fingerprint density at radius 3 is 2.49 bits per heavy atom. The first-order valence-electron chi connectivity index (χ1n) is 17.0. The number of carboxylic acid groups (broad SMARTS) is 1. The Labute approximate surface area is 285 Å². The van der Waals surface area contributed by atoms with E-state index in [2.05, 4.69) is 27.3 Å². The van der Waals surface area contributed by atoms with Crippen molar-refractivity contribution in [2.45, 2.75) is 69.4 Å². The first kappa shape index (κ1) is 32.3. The molecule has 2 saturated carbocycles. The number of hydrogen-bond donors (Lipinski definition) is 3. The Hall–Kier alpha value is -5.25. The minimum absolute atomic E-state index is 0.303. The summed E-state index contributed by atoms with van der Waals surface area (Å²) in [5.74, 6) is 0.676. The molecular formula is C39H41N3O7. The normalized spacial score (nSPS) is 16.9. The van der Waals surface area contributed by atoms with Crippen LogP contribution in [0, 0.1) is 0 Å². The van der Waals surface area contributed by atoms with E-state index >= 15 is 0 Å². The minimum atomic E-state index is -1.06. The van der Waals surface area contributed by atoms with Gasteiger partial charge in [-0.1, -0.05) is 31.4 Å². The summed E-state index contributed by atoms with van der Waals surface area (Å²) in [4.78, 5) is 38.6. The molecule has 1 aliphatic heterocycles. The van der Waals surface area contributed by atoms with Gasteiger partial charge in [0, 0.05) is 34.2 Å². The number of methoxy groups -OCH3 is 2. The lowest BCUT2D eigenvalue weighted by molar-refractivity contribution is -0.131. The zero-order valence-electron chi connectivity index (χ0n) is 27.8. The van der Waals surface area contributed by atoms with Crippen LogP contribution in [0.2, 0.25) is 0 Å². The number of carbonyl (C=O) groups excluding carboxylic acids is 2. The van der Waals surface area contributed by atoms with Crippen molar-refractivity contribution in [3.05, 3.63) is 77.4 Å². The zero-order valence-corrected chi connectivity index (χ0v) is 27.8. The van der Waals surface area contributed by atoms with Crippen molar-refractivity contribution in [1.82, 2.24) is 9.88 Å². The summed E-state index contributed by atoms with van der Waals surface area (Å²) in [5, 5.41) is 16.1. The fraction of sp³-hybridized carbons (Fsp3) is 0.359. The van der Waals surface area contributed by atoms with Crippen molar-refractivity contribution in [3.8, 4) is 28.5 Å². The second-order valence-corrected chi connectivity index (χ2v) is 13.2. The largest absolute Gasteiger partial charge is 0.497 e. The highest BCUT2D eigenvalue weighted by atomic mass is 16.5. The van der Waals surface area contributed by atoms with Crippen LogP contribution in [0.25, 0.3) is 28.2 Å². The van der Waals surface area contributed by atoms with Crippen LogP contribution in [0.3, 0.4) is 0 Å². The number of benzene rings is 3. The Bertz CT molecular complexity index is 1970. The van der Waals surface area contributed by atoms with Crippen LogP contribution in [0.1, 0.15) is 78.8 Å². The van der Waals surface area contributed by atoms with Crippen molar-refractivity contribution in [2.75, 3.05) is 26.1 Å². The second-order valence-electron chi connectivity index (χ2n) is 13.2. The molecule has 0 bridgehead atoms. The third-order valence-electron chi connectivity index (χ3n) is 10.3. The van der Waals surface area contributed by atoms with E-state index in [1.807, 2.05) is 24.3 Å². The summed E-state index contributed by atoms with van der Waals surface area (Å²) in [7, 11) is 3.14. The average Bonchev–Trinajstić information content (AvgIpc) is 3.30. The SMILES string of the molecule is COc1ccc2c(c1)OCCn1c-2c(C2CCCCC2)c2ccc(C(=O)NC3(C(=O)Nc4ccc(/C=C/C(=O)O)cc4OC)CCC3)cc21. The minimum Gasteiger partial charge on any atom is -0.497 e. The molecule has 4 aromatic rings. The molecule has 2 amide bonds. The number of amides is 2. The van der Waals surface area contributed by atoms with Gasteiger partial charge in [0.25, 0.3) is 5.91 Å². The zero-order chi connectivity index (χ0) is 34.1. The lowest BCUT2D eigenvalue weighted by atomic mass is 9.75. The van der Waals surface area contributed by atoms with E-state index in [0.29, 0.717) is 54.5 Å². The lowest BCUT2D eigenvalue weighted by Gasteiger charge is -2.40. The highest BCUT2D eigenvalue weighted by Gasteiger charge is 2.46. The molecule has 10 heteroatoms. The number of aliphatic carboxylic acids is 1. The summed E-state index contributed by atoms with van der Waals surface area (Å²) in [5.41, 5.74) is 4.99. The monoisotopic (exact) mass is 663 g/mol.